The van der Waals surface area contributed by atoms with Crippen LogP contribution >= 0.6 is 0 Å². The van der Waals surface area contributed by atoms with Crippen LogP contribution in [0.25, 0.3) is 11.0 Å². The number of carbonyl (C=O) groups excluding carboxylic acids is 1. The summed E-state index contributed by atoms with van der Waals surface area (Å²) in [6, 6.07) is 9.68. The normalized spacial score (nSPS) is 15.7. The first kappa shape index (κ1) is 20.9. The van der Waals surface area contributed by atoms with Crippen LogP contribution in [0.4, 0.5) is 0 Å². The number of phenols is 1. The van der Waals surface area contributed by atoms with E-state index in [0.717, 1.165) is 5.56 Å². The van der Waals surface area contributed by atoms with Crippen LogP contribution in [-0.2, 0) is 0 Å². The van der Waals surface area contributed by atoms with Gasteiger partial charge in [-0.05, 0) is 57.8 Å². The van der Waals surface area contributed by atoms with Gasteiger partial charge in [0.2, 0.25) is 5.76 Å². The maximum atomic E-state index is 13.5. The molecule has 7 heteroatoms. The van der Waals surface area contributed by atoms with Crippen molar-refractivity contribution in [2.75, 3.05) is 33.8 Å². The van der Waals surface area contributed by atoms with Crippen LogP contribution in [0, 0.1) is 6.92 Å². The van der Waals surface area contributed by atoms with Crippen LogP contribution in [0.1, 0.15) is 40.2 Å². The summed E-state index contributed by atoms with van der Waals surface area (Å²) in [6.45, 7) is 5.16. The van der Waals surface area contributed by atoms with Crippen LogP contribution in [0.2, 0.25) is 0 Å². The number of hydrogen-bond donors (Lipinski definition) is 1. The number of rotatable bonds is 6. The van der Waals surface area contributed by atoms with Crippen molar-refractivity contribution < 1.29 is 19.1 Å². The zero-order valence-corrected chi connectivity index (χ0v) is 18.1. The molecule has 1 aliphatic rings. The Bertz CT molecular complexity index is 1210. The largest absolute Gasteiger partial charge is 0.504 e. The summed E-state index contributed by atoms with van der Waals surface area (Å²) >= 11 is 0. The van der Waals surface area contributed by atoms with E-state index in [4.69, 9.17) is 9.15 Å². The van der Waals surface area contributed by atoms with E-state index >= 15 is 0 Å². The van der Waals surface area contributed by atoms with Crippen molar-refractivity contribution >= 4 is 16.9 Å². The van der Waals surface area contributed by atoms with Gasteiger partial charge in [0.25, 0.3) is 5.91 Å². The summed E-state index contributed by atoms with van der Waals surface area (Å²) < 4.78 is 11.5. The fourth-order valence-electron chi connectivity index (χ4n) is 3.99. The number of ether oxygens (including phenoxy) is 1. The van der Waals surface area contributed by atoms with Gasteiger partial charge in [-0.25, -0.2) is 0 Å². The summed E-state index contributed by atoms with van der Waals surface area (Å²) in [4.78, 5) is 30.5. The molecule has 0 bridgehead atoms. The Morgan fingerprint density at radius 1 is 1.16 bits per heavy atom. The highest BCUT2D eigenvalue weighted by Gasteiger charge is 2.42. The minimum Gasteiger partial charge on any atom is -0.504 e. The molecule has 7 nitrogen and oxygen atoms in total. The molecule has 4 rings (SSSR count). The van der Waals surface area contributed by atoms with Crippen LogP contribution in [0.5, 0.6) is 11.5 Å². The van der Waals surface area contributed by atoms with E-state index in [0.29, 0.717) is 47.5 Å². The number of benzene rings is 2. The Balaban J connectivity index is 1.94. The Kier molecular flexibility index (Phi) is 5.45. The molecule has 1 aromatic heterocycles. The third-order valence-electron chi connectivity index (χ3n) is 5.51. The number of nitrogens with zero attached hydrogens (tertiary/aromatic N) is 2. The van der Waals surface area contributed by atoms with E-state index in [2.05, 4.69) is 0 Å². The molecule has 2 aromatic carbocycles. The lowest BCUT2D eigenvalue weighted by Crippen LogP contribution is -2.35. The fourth-order valence-corrected chi connectivity index (χ4v) is 3.99. The van der Waals surface area contributed by atoms with Gasteiger partial charge in [-0.15, -0.1) is 0 Å². The molecule has 2 heterocycles. The number of fused-ring (bicyclic) bond motifs is 2. The quantitative estimate of drug-likeness (QED) is 0.656. The van der Waals surface area contributed by atoms with E-state index in [-0.39, 0.29) is 22.8 Å². The Morgan fingerprint density at radius 2 is 1.94 bits per heavy atom. The highest BCUT2D eigenvalue weighted by Crippen LogP contribution is 2.40. The lowest BCUT2D eigenvalue weighted by Gasteiger charge is -2.26. The smallest absolute Gasteiger partial charge is 0.290 e. The zero-order chi connectivity index (χ0) is 22.3. The Morgan fingerprint density at radius 3 is 2.65 bits per heavy atom. The number of aryl methyl sites for hydroxylation is 1. The van der Waals surface area contributed by atoms with Crippen LogP contribution < -0.4 is 10.2 Å². The van der Waals surface area contributed by atoms with Crippen molar-refractivity contribution in [3.8, 4) is 11.5 Å². The molecule has 162 valence electrons. The molecule has 1 atom stereocenters. The minimum absolute atomic E-state index is 0.0103. The SMILES string of the molecule is CCOc1cc(C2c3c(oc4ccc(C)cc4c3=O)C(=O)N2CCN(C)C)ccc1O. The second-order valence-electron chi connectivity index (χ2n) is 8.04. The topological polar surface area (TPSA) is 83.2 Å². The van der Waals surface area contributed by atoms with Gasteiger partial charge in [-0.1, -0.05) is 17.7 Å². The van der Waals surface area contributed by atoms with Gasteiger partial charge < -0.3 is 24.1 Å². The van der Waals surface area contributed by atoms with Crippen molar-refractivity contribution in [3.63, 3.8) is 0 Å². The lowest BCUT2D eigenvalue weighted by atomic mass is 9.97. The lowest BCUT2D eigenvalue weighted by molar-refractivity contribution is 0.0716. The molecule has 0 radical (unpaired) electrons. The maximum Gasteiger partial charge on any atom is 0.290 e. The molecule has 1 aliphatic heterocycles. The molecule has 0 saturated carbocycles. The molecular formula is C24H26N2O5. The maximum absolute atomic E-state index is 13.5. The van der Waals surface area contributed by atoms with E-state index in [1.807, 2.05) is 38.9 Å². The van der Waals surface area contributed by atoms with Crippen molar-refractivity contribution in [1.82, 2.24) is 9.80 Å². The number of carbonyl (C=O) groups is 1. The van der Waals surface area contributed by atoms with E-state index in [1.165, 1.54) is 6.07 Å². The summed E-state index contributed by atoms with van der Waals surface area (Å²) in [7, 11) is 3.86. The Hall–Kier alpha value is -3.32. The first-order valence-electron chi connectivity index (χ1n) is 10.3. The van der Waals surface area contributed by atoms with Crippen LogP contribution in [0.15, 0.2) is 45.6 Å². The number of hydrogen-bond acceptors (Lipinski definition) is 6. The molecule has 1 unspecified atom stereocenters. The highest BCUT2D eigenvalue weighted by atomic mass is 16.5. The zero-order valence-electron chi connectivity index (χ0n) is 18.1. The van der Waals surface area contributed by atoms with Crippen molar-refractivity contribution in [3.05, 3.63) is 69.1 Å². The Labute approximate surface area is 180 Å². The molecule has 1 N–H and O–H groups in total. The number of likely N-dealkylation sites (N-methyl/N-ethyl adjacent to an activating group) is 1. The average Bonchev–Trinajstić information content (AvgIpc) is 3.01. The van der Waals surface area contributed by atoms with E-state index in [9.17, 15) is 14.7 Å². The van der Waals surface area contributed by atoms with Gasteiger partial charge in [-0.3, -0.25) is 9.59 Å². The fraction of sp³-hybridized carbons (Fsp3) is 0.333. The van der Waals surface area contributed by atoms with Crippen LogP contribution in [0.3, 0.4) is 0 Å². The monoisotopic (exact) mass is 422 g/mol. The number of amides is 1. The van der Waals surface area contributed by atoms with Crippen molar-refractivity contribution in [1.29, 1.82) is 0 Å². The highest BCUT2D eigenvalue weighted by molar-refractivity contribution is 5.99. The molecule has 0 spiro atoms. The summed E-state index contributed by atoms with van der Waals surface area (Å²) in [6.07, 6.45) is 0. The second-order valence-corrected chi connectivity index (χ2v) is 8.04. The van der Waals surface area contributed by atoms with Gasteiger partial charge >= 0.3 is 0 Å². The first-order chi connectivity index (χ1) is 14.8. The first-order valence-corrected chi connectivity index (χ1v) is 10.3. The second kappa shape index (κ2) is 8.07. The van der Waals surface area contributed by atoms with Gasteiger partial charge in [0.1, 0.15) is 5.58 Å². The van der Waals surface area contributed by atoms with Crippen LogP contribution in [-0.4, -0.2) is 54.6 Å². The third kappa shape index (κ3) is 3.65. The van der Waals surface area contributed by atoms with Gasteiger partial charge in [-0.2, -0.15) is 0 Å². The number of phenolic OH excluding ortho intramolecular Hbond substituents is 1. The van der Waals surface area contributed by atoms with Crippen molar-refractivity contribution in [2.45, 2.75) is 19.9 Å². The predicted molar refractivity (Wildman–Crippen MR) is 118 cm³/mol. The third-order valence-corrected chi connectivity index (χ3v) is 5.51. The molecule has 0 saturated heterocycles. The number of aromatic hydroxyl groups is 1. The van der Waals surface area contributed by atoms with Crippen molar-refractivity contribution in [2.24, 2.45) is 0 Å². The van der Waals surface area contributed by atoms with Gasteiger partial charge in [0.05, 0.1) is 23.6 Å². The summed E-state index contributed by atoms with van der Waals surface area (Å²) in [5.41, 5.74) is 2.14. The summed E-state index contributed by atoms with van der Waals surface area (Å²) in [5.74, 6) is 0.0919. The van der Waals surface area contributed by atoms with E-state index in [1.54, 1.807) is 29.2 Å². The average molecular weight is 422 g/mol. The van der Waals surface area contributed by atoms with Gasteiger partial charge in [0.15, 0.2) is 16.9 Å². The summed E-state index contributed by atoms with van der Waals surface area (Å²) in [5, 5.41) is 10.6. The molecule has 3 aromatic rings. The molecule has 31 heavy (non-hydrogen) atoms. The standard InChI is InChI=1S/C24H26N2O5/c1-5-30-19-13-15(7-8-17(19)27)21-20-22(28)16-12-14(2)6-9-18(16)31-23(20)24(29)26(21)11-10-25(3)4/h6-9,12-13,21,27H,5,10-11H2,1-4H3. The minimum atomic E-state index is -0.622. The van der Waals surface area contributed by atoms with Gasteiger partial charge in [0, 0.05) is 13.1 Å². The molecule has 1 amide bonds. The molecule has 0 fully saturated rings. The predicted octanol–water partition coefficient (Wildman–Crippen LogP) is 3.31. The molecular weight excluding hydrogens is 396 g/mol. The molecule has 0 aliphatic carbocycles. The van der Waals surface area contributed by atoms with E-state index < -0.39 is 6.04 Å².